The number of hydrogen-bond donors (Lipinski definition) is 0. The number of piperazine rings is 1. The molecule has 1 unspecified atom stereocenters. The number of aryl methyl sites for hydroxylation is 2. The number of carbonyl (C=O) groups is 1. The smallest absolute Gasteiger partial charge is 0.227 e. The summed E-state index contributed by atoms with van der Waals surface area (Å²) in [7, 11) is 0. The number of fused-ring (bicyclic) bond motifs is 1. The summed E-state index contributed by atoms with van der Waals surface area (Å²) in [4.78, 5) is 26.3. The van der Waals surface area contributed by atoms with E-state index in [1.807, 2.05) is 17.5 Å². The Kier molecular flexibility index (Phi) is 5.80. The first-order chi connectivity index (χ1) is 15.5. The highest BCUT2D eigenvalue weighted by Gasteiger charge is 2.32. The molecular formula is C26H32N4OS. The molecule has 3 aromatic rings. The molecule has 0 spiro atoms. The predicted molar refractivity (Wildman–Crippen MR) is 134 cm³/mol. The van der Waals surface area contributed by atoms with E-state index < -0.39 is 0 Å². The summed E-state index contributed by atoms with van der Waals surface area (Å²) in [6, 6.07) is 10.8. The highest BCUT2D eigenvalue weighted by atomic mass is 32.1. The summed E-state index contributed by atoms with van der Waals surface area (Å²) in [5.74, 6) is 1.43. The van der Waals surface area contributed by atoms with E-state index in [2.05, 4.69) is 65.8 Å². The Hall–Kier alpha value is -2.60. The molecule has 0 saturated carbocycles. The van der Waals surface area contributed by atoms with Crippen LogP contribution in [0.3, 0.4) is 0 Å². The van der Waals surface area contributed by atoms with Crippen LogP contribution < -0.4 is 9.80 Å². The Bertz CT molecular complexity index is 1130. The molecule has 0 bridgehead atoms. The molecule has 2 aromatic heterocycles. The normalized spacial score (nSPS) is 19.6. The fourth-order valence-electron chi connectivity index (χ4n) is 5.20. The molecule has 5 rings (SSSR count). The van der Waals surface area contributed by atoms with E-state index in [9.17, 15) is 4.79 Å². The average molecular weight is 449 g/mol. The lowest BCUT2D eigenvalue weighted by Gasteiger charge is -2.40. The van der Waals surface area contributed by atoms with Crippen LogP contribution in [0.1, 0.15) is 28.8 Å². The average Bonchev–Trinajstić information content (AvgIpc) is 3.21. The minimum Gasteiger partial charge on any atom is -0.368 e. The second-order valence-corrected chi connectivity index (χ2v) is 10.5. The van der Waals surface area contributed by atoms with E-state index in [1.54, 1.807) is 0 Å². The Morgan fingerprint density at radius 2 is 1.84 bits per heavy atom. The SMILES string of the molecule is Cc1cc2c(N3CCCC(C(=O)N4CCN(c5cccc(C)c5C)CC4)C3)nccc2s1. The van der Waals surface area contributed by atoms with E-state index in [1.165, 1.54) is 31.8 Å². The van der Waals surface area contributed by atoms with Gasteiger partial charge in [0.05, 0.1) is 5.92 Å². The van der Waals surface area contributed by atoms with Crippen molar-refractivity contribution in [1.82, 2.24) is 9.88 Å². The third kappa shape index (κ3) is 3.96. The monoisotopic (exact) mass is 448 g/mol. The minimum atomic E-state index is 0.0628. The topological polar surface area (TPSA) is 39.7 Å². The van der Waals surface area contributed by atoms with Crippen molar-refractivity contribution in [2.45, 2.75) is 33.6 Å². The number of benzene rings is 1. The van der Waals surface area contributed by atoms with Crippen LogP contribution in [0, 0.1) is 26.7 Å². The molecule has 1 aromatic carbocycles. The maximum atomic E-state index is 13.4. The van der Waals surface area contributed by atoms with Gasteiger partial charge in [0.25, 0.3) is 0 Å². The zero-order chi connectivity index (χ0) is 22.2. The quantitative estimate of drug-likeness (QED) is 0.578. The van der Waals surface area contributed by atoms with Crippen LogP contribution in [0.4, 0.5) is 11.5 Å². The number of nitrogens with zero attached hydrogens (tertiary/aromatic N) is 4. The van der Waals surface area contributed by atoms with Crippen LogP contribution in [0.25, 0.3) is 10.1 Å². The van der Waals surface area contributed by atoms with Gasteiger partial charge in [-0.1, -0.05) is 12.1 Å². The third-order valence-electron chi connectivity index (χ3n) is 7.13. The van der Waals surface area contributed by atoms with Gasteiger partial charge >= 0.3 is 0 Å². The van der Waals surface area contributed by atoms with Gasteiger partial charge < -0.3 is 14.7 Å². The molecule has 0 N–H and O–H groups in total. The summed E-state index contributed by atoms with van der Waals surface area (Å²) >= 11 is 1.81. The maximum Gasteiger partial charge on any atom is 0.227 e. The number of amides is 1. The van der Waals surface area contributed by atoms with Gasteiger partial charge in [-0.2, -0.15) is 0 Å². The highest BCUT2D eigenvalue weighted by Crippen LogP contribution is 2.34. The first-order valence-corrected chi connectivity index (χ1v) is 12.5. The van der Waals surface area contributed by atoms with E-state index in [-0.39, 0.29) is 5.92 Å². The minimum absolute atomic E-state index is 0.0628. The first kappa shape index (κ1) is 21.3. The van der Waals surface area contributed by atoms with Gasteiger partial charge in [0, 0.05) is 66.1 Å². The largest absolute Gasteiger partial charge is 0.368 e. The fourth-order valence-corrected chi connectivity index (χ4v) is 6.12. The molecule has 4 heterocycles. The molecule has 1 atom stereocenters. The van der Waals surface area contributed by atoms with Gasteiger partial charge in [-0.3, -0.25) is 4.79 Å². The molecule has 2 saturated heterocycles. The summed E-state index contributed by atoms with van der Waals surface area (Å²) in [6.07, 6.45) is 3.93. The molecule has 2 aliphatic heterocycles. The molecule has 1 amide bonds. The summed E-state index contributed by atoms with van der Waals surface area (Å²) in [5.41, 5.74) is 3.99. The summed E-state index contributed by atoms with van der Waals surface area (Å²) < 4.78 is 1.28. The van der Waals surface area contributed by atoms with E-state index >= 15 is 0 Å². The number of piperidine rings is 1. The number of thiophene rings is 1. The summed E-state index contributed by atoms with van der Waals surface area (Å²) in [6.45, 7) is 11.7. The number of hydrogen-bond acceptors (Lipinski definition) is 5. The van der Waals surface area contributed by atoms with Crippen LogP contribution in [-0.4, -0.2) is 55.1 Å². The molecule has 2 aliphatic rings. The third-order valence-corrected chi connectivity index (χ3v) is 8.14. The van der Waals surface area contributed by atoms with Crippen molar-refractivity contribution >= 4 is 38.8 Å². The summed E-state index contributed by atoms with van der Waals surface area (Å²) in [5, 5.41) is 1.23. The van der Waals surface area contributed by atoms with Crippen molar-refractivity contribution in [3.8, 4) is 0 Å². The lowest BCUT2D eigenvalue weighted by Crippen LogP contribution is -2.52. The van der Waals surface area contributed by atoms with Gasteiger partial charge in [-0.05, 0) is 62.9 Å². The van der Waals surface area contributed by atoms with Crippen molar-refractivity contribution < 1.29 is 4.79 Å². The van der Waals surface area contributed by atoms with Gasteiger partial charge in [-0.15, -0.1) is 11.3 Å². The van der Waals surface area contributed by atoms with Gasteiger partial charge in [0.1, 0.15) is 5.82 Å². The Balaban J connectivity index is 1.25. The molecule has 0 radical (unpaired) electrons. The molecule has 6 heteroatoms. The van der Waals surface area contributed by atoms with Crippen molar-refractivity contribution in [2.24, 2.45) is 5.92 Å². The predicted octanol–water partition coefficient (Wildman–Crippen LogP) is 4.79. The van der Waals surface area contributed by atoms with E-state index in [4.69, 9.17) is 4.98 Å². The molecule has 0 aliphatic carbocycles. The zero-order valence-corrected chi connectivity index (χ0v) is 20.1. The van der Waals surface area contributed by atoms with Crippen molar-refractivity contribution in [2.75, 3.05) is 49.1 Å². The van der Waals surface area contributed by atoms with Crippen molar-refractivity contribution in [1.29, 1.82) is 0 Å². The number of pyridine rings is 1. The molecule has 32 heavy (non-hydrogen) atoms. The number of rotatable bonds is 3. The highest BCUT2D eigenvalue weighted by molar-refractivity contribution is 7.19. The lowest BCUT2D eigenvalue weighted by atomic mass is 9.96. The zero-order valence-electron chi connectivity index (χ0n) is 19.3. The van der Waals surface area contributed by atoms with Crippen LogP contribution in [0.5, 0.6) is 0 Å². The fraction of sp³-hybridized carbons (Fsp3) is 0.462. The van der Waals surface area contributed by atoms with Gasteiger partial charge in [-0.25, -0.2) is 4.98 Å². The standard InChI is InChI=1S/C26H32N4OS/c1-18-6-4-8-23(20(18)3)28-12-14-29(15-13-28)26(31)21-7-5-11-30(17-21)25-22-16-19(2)32-24(22)9-10-27-25/h4,6,8-10,16,21H,5,7,11-15,17H2,1-3H3. The number of anilines is 2. The number of carbonyl (C=O) groups excluding carboxylic acids is 1. The molecule has 5 nitrogen and oxygen atoms in total. The van der Waals surface area contributed by atoms with Crippen molar-refractivity contribution in [3.63, 3.8) is 0 Å². The Morgan fingerprint density at radius 3 is 2.66 bits per heavy atom. The second kappa shape index (κ2) is 8.74. The number of aromatic nitrogens is 1. The molecular weight excluding hydrogens is 416 g/mol. The van der Waals surface area contributed by atoms with E-state index in [0.29, 0.717) is 5.91 Å². The second-order valence-electron chi connectivity index (χ2n) is 9.22. The van der Waals surface area contributed by atoms with Gasteiger partial charge in [0.2, 0.25) is 5.91 Å². The lowest BCUT2D eigenvalue weighted by molar-refractivity contribution is -0.136. The van der Waals surface area contributed by atoms with Crippen LogP contribution in [0.15, 0.2) is 36.5 Å². The van der Waals surface area contributed by atoms with Crippen LogP contribution in [0.2, 0.25) is 0 Å². The van der Waals surface area contributed by atoms with Gasteiger partial charge in [0.15, 0.2) is 0 Å². The van der Waals surface area contributed by atoms with E-state index in [0.717, 1.165) is 57.9 Å². The van der Waals surface area contributed by atoms with Crippen molar-refractivity contribution in [3.05, 3.63) is 52.5 Å². The van der Waals surface area contributed by atoms with Crippen LogP contribution in [-0.2, 0) is 4.79 Å². The maximum absolute atomic E-state index is 13.4. The Labute approximate surface area is 194 Å². The Morgan fingerprint density at radius 1 is 1.03 bits per heavy atom. The molecule has 2 fully saturated rings. The first-order valence-electron chi connectivity index (χ1n) is 11.7. The van der Waals surface area contributed by atoms with Crippen LogP contribution >= 0.6 is 11.3 Å². The molecule has 168 valence electrons.